The number of ether oxygens (including phenoxy) is 1. The summed E-state index contributed by atoms with van der Waals surface area (Å²) in [5, 5.41) is 0. The topological polar surface area (TPSA) is 64.4 Å². The molecule has 36 heavy (non-hydrogen) atoms. The van der Waals surface area contributed by atoms with Crippen molar-refractivity contribution in [3.05, 3.63) is 86.7 Å². The summed E-state index contributed by atoms with van der Waals surface area (Å²) in [4.78, 5) is 30.8. The lowest BCUT2D eigenvalue weighted by atomic mass is 9.88. The molecule has 0 unspecified atom stereocenters. The monoisotopic (exact) mass is 501 g/mol. The van der Waals surface area contributed by atoms with Gasteiger partial charge in [-0.1, -0.05) is 0 Å². The molecule has 5 rings (SSSR count). The first-order valence-electron chi connectivity index (χ1n) is 11.5. The Kier molecular flexibility index (Phi) is 5.94. The van der Waals surface area contributed by atoms with Gasteiger partial charge < -0.3 is 14.2 Å². The second-order valence-corrected chi connectivity index (χ2v) is 9.27. The van der Waals surface area contributed by atoms with E-state index >= 15 is 0 Å². The Morgan fingerprint density at radius 1 is 1.06 bits per heavy atom. The number of halogens is 4. The lowest BCUT2D eigenvalue weighted by molar-refractivity contribution is -0.137. The maximum atomic E-state index is 15.0. The number of aromatic nitrogens is 2. The summed E-state index contributed by atoms with van der Waals surface area (Å²) in [7, 11) is 3.26. The van der Waals surface area contributed by atoms with Gasteiger partial charge >= 0.3 is 6.18 Å². The molecule has 2 aliphatic rings. The number of hydrogen-bond donors (Lipinski definition) is 0. The molecule has 188 valence electrons. The van der Waals surface area contributed by atoms with Crippen molar-refractivity contribution in [3.63, 3.8) is 0 Å². The second-order valence-electron chi connectivity index (χ2n) is 9.27. The summed E-state index contributed by atoms with van der Waals surface area (Å²) < 4.78 is 61.6. The molecule has 1 amide bonds. The van der Waals surface area contributed by atoms with Gasteiger partial charge in [-0.15, -0.1) is 0 Å². The van der Waals surface area contributed by atoms with E-state index in [4.69, 9.17) is 9.72 Å². The fourth-order valence-corrected chi connectivity index (χ4v) is 4.88. The lowest BCUT2D eigenvalue weighted by Crippen LogP contribution is -2.22. The van der Waals surface area contributed by atoms with Crippen molar-refractivity contribution in [2.24, 2.45) is 7.05 Å². The van der Waals surface area contributed by atoms with Crippen LogP contribution in [0.5, 0.6) is 0 Å². The molecule has 0 N–H and O–H groups in total. The van der Waals surface area contributed by atoms with E-state index < -0.39 is 17.6 Å². The van der Waals surface area contributed by atoms with Crippen LogP contribution < -0.4 is 5.56 Å². The quantitative estimate of drug-likeness (QED) is 0.483. The van der Waals surface area contributed by atoms with Crippen molar-refractivity contribution < 1.29 is 27.1 Å². The Balaban J connectivity index is 1.56. The Bertz CT molecular complexity index is 1420. The molecule has 0 saturated carbocycles. The Labute approximate surface area is 204 Å². The average Bonchev–Trinajstić information content (AvgIpc) is 3.13. The van der Waals surface area contributed by atoms with Crippen molar-refractivity contribution in [1.29, 1.82) is 0 Å². The van der Waals surface area contributed by atoms with Gasteiger partial charge in [0.2, 0.25) is 5.56 Å². The van der Waals surface area contributed by atoms with Crippen LogP contribution in [0.25, 0.3) is 11.3 Å². The minimum Gasteiger partial charge on any atom is -0.373 e. The molecule has 0 spiro atoms. The molecule has 2 atom stereocenters. The average molecular weight is 501 g/mol. The molecule has 0 radical (unpaired) electrons. The molecule has 10 heteroatoms. The Hall–Kier alpha value is -3.53. The maximum Gasteiger partial charge on any atom is 0.416 e. The van der Waals surface area contributed by atoms with E-state index in [1.165, 1.54) is 15.5 Å². The normalized spacial score (nSPS) is 20.1. The van der Waals surface area contributed by atoms with Gasteiger partial charge in [0.05, 0.1) is 17.4 Å². The van der Waals surface area contributed by atoms with Crippen LogP contribution in [0, 0.1) is 5.82 Å². The minimum atomic E-state index is -4.68. The van der Waals surface area contributed by atoms with Crippen molar-refractivity contribution in [3.8, 4) is 11.3 Å². The molecular weight excluding hydrogens is 478 g/mol. The lowest BCUT2D eigenvalue weighted by Gasteiger charge is -2.30. The number of rotatable bonds is 3. The molecule has 6 nitrogen and oxygen atoms in total. The third kappa shape index (κ3) is 4.30. The largest absolute Gasteiger partial charge is 0.416 e. The van der Waals surface area contributed by atoms with E-state index in [1.807, 2.05) is 0 Å². The van der Waals surface area contributed by atoms with E-state index in [0.29, 0.717) is 42.3 Å². The molecule has 4 heterocycles. The van der Waals surface area contributed by atoms with E-state index in [1.54, 1.807) is 32.4 Å². The third-order valence-corrected chi connectivity index (χ3v) is 6.85. The fraction of sp³-hybridized carbons (Fsp3) is 0.346. The maximum absolute atomic E-state index is 15.0. The van der Waals surface area contributed by atoms with Gasteiger partial charge in [-0.05, 0) is 48.7 Å². The van der Waals surface area contributed by atoms with E-state index in [9.17, 15) is 27.2 Å². The van der Waals surface area contributed by atoms with Gasteiger partial charge in [0.15, 0.2) is 0 Å². The molecule has 1 aromatic carbocycles. The van der Waals surface area contributed by atoms with Gasteiger partial charge in [0, 0.05) is 67.8 Å². The zero-order valence-corrected chi connectivity index (χ0v) is 19.6. The Morgan fingerprint density at radius 2 is 1.83 bits per heavy atom. The van der Waals surface area contributed by atoms with Gasteiger partial charge in [-0.25, -0.2) is 4.39 Å². The summed E-state index contributed by atoms with van der Waals surface area (Å²) in [6.45, 7) is 0.598. The van der Waals surface area contributed by atoms with E-state index in [2.05, 4.69) is 0 Å². The molecule has 0 bridgehead atoms. The molecule has 2 aromatic heterocycles. The highest BCUT2D eigenvalue weighted by Crippen LogP contribution is 2.41. The zero-order chi connectivity index (χ0) is 25.8. The van der Waals surface area contributed by atoms with Gasteiger partial charge in [0.1, 0.15) is 5.82 Å². The number of nitrogens with zero attached hydrogens (tertiary/aromatic N) is 3. The van der Waals surface area contributed by atoms with Crippen molar-refractivity contribution in [2.75, 3.05) is 13.7 Å². The summed E-state index contributed by atoms with van der Waals surface area (Å²) in [5.41, 5.74) is 1.13. The predicted octanol–water partition coefficient (Wildman–Crippen LogP) is 4.83. The molecular formula is C26H23F4N3O3. The molecule has 3 aromatic rings. The number of hydrogen-bond acceptors (Lipinski definition) is 4. The highest BCUT2D eigenvalue weighted by atomic mass is 19.4. The highest BCUT2D eigenvalue weighted by molar-refractivity contribution is 6.00. The van der Waals surface area contributed by atoms with Crippen molar-refractivity contribution in [2.45, 2.75) is 37.6 Å². The van der Waals surface area contributed by atoms with Gasteiger partial charge in [-0.2, -0.15) is 13.2 Å². The van der Waals surface area contributed by atoms with Gasteiger partial charge in [0.25, 0.3) is 5.91 Å². The first-order valence-corrected chi connectivity index (χ1v) is 11.5. The summed E-state index contributed by atoms with van der Waals surface area (Å²) in [6, 6.07) is 7.25. The number of benzene rings is 1. The smallest absolute Gasteiger partial charge is 0.373 e. The van der Waals surface area contributed by atoms with Crippen LogP contribution in [0.15, 0.2) is 47.4 Å². The van der Waals surface area contributed by atoms with E-state index in [0.717, 1.165) is 17.7 Å². The van der Waals surface area contributed by atoms with Crippen LogP contribution >= 0.6 is 0 Å². The van der Waals surface area contributed by atoms with Crippen molar-refractivity contribution in [1.82, 2.24) is 14.5 Å². The van der Waals surface area contributed by atoms with Crippen LogP contribution in [0.3, 0.4) is 0 Å². The molecule has 0 aliphatic carbocycles. The van der Waals surface area contributed by atoms with Gasteiger partial charge in [-0.3, -0.25) is 14.6 Å². The number of pyridine rings is 2. The highest BCUT2D eigenvalue weighted by Gasteiger charge is 2.35. The summed E-state index contributed by atoms with van der Waals surface area (Å²) >= 11 is 0. The standard InChI is InChI=1S/C26H23F4N3O3/c1-32-12-15(3-6-23(32)34)22-9-14(7-8-36-22)21-11-18-19(13-33(2)25(18)35)24(31-21)17-5-4-16(10-20(17)27)26(28,29)30/h3-6,10-12,14,22H,7-9,13H2,1-2H3/t14-,22+/m0/s1. The molecule has 2 aliphatic heterocycles. The van der Waals surface area contributed by atoms with E-state index in [-0.39, 0.29) is 41.3 Å². The summed E-state index contributed by atoms with van der Waals surface area (Å²) in [6.07, 6.45) is -2.15. The van der Waals surface area contributed by atoms with Crippen LogP contribution in [-0.2, 0) is 24.5 Å². The Morgan fingerprint density at radius 3 is 2.53 bits per heavy atom. The molecule has 1 fully saturated rings. The third-order valence-electron chi connectivity index (χ3n) is 6.85. The van der Waals surface area contributed by atoms with Crippen LogP contribution in [0.4, 0.5) is 17.6 Å². The second kappa shape index (κ2) is 8.85. The first-order chi connectivity index (χ1) is 17.0. The SMILES string of the molecule is CN1Cc2c(cc([C@H]3CCO[C@@H](c4ccc(=O)n(C)c4)C3)nc2-c2ccc(C(F)(F)F)cc2F)C1=O. The fourth-order valence-electron chi connectivity index (χ4n) is 4.88. The zero-order valence-electron chi connectivity index (χ0n) is 19.6. The van der Waals surface area contributed by atoms with Crippen LogP contribution in [-0.4, -0.2) is 34.0 Å². The number of carbonyl (C=O) groups is 1. The number of alkyl halides is 3. The predicted molar refractivity (Wildman–Crippen MR) is 123 cm³/mol. The number of carbonyl (C=O) groups excluding carboxylic acids is 1. The van der Waals surface area contributed by atoms with Crippen LogP contribution in [0.2, 0.25) is 0 Å². The number of aryl methyl sites for hydroxylation is 1. The number of amides is 1. The number of fused-ring (bicyclic) bond motifs is 1. The molecule has 1 saturated heterocycles. The first kappa shape index (κ1) is 24.2. The van der Waals surface area contributed by atoms with Crippen molar-refractivity contribution >= 4 is 5.91 Å². The summed E-state index contributed by atoms with van der Waals surface area (Å²) in [5.74, 6) is -1.43. The minimum absolute atomic E-state index is 0.0779. The van der Waals surface area contributed by atoms with Crippen LogP contribution in [0.1, 0.15) is 57.6 Å².